The third-order valence-electron chi connectivity index (χ3n) is 4.45. The van der Waals surface area contributed by atoms with Gasteiger partial charge >= 0.3 is 0 Å². The lowest BCUT2D eigenvalue weighted by Crippen LogP contribution is -2.47. The molecular weight excluding hydrogens is 364 g/mol. The molecule has 5 nitrogen and oxygen atoms in total. The van der Waals surface area contributed by atoms with Crippen LogP contribution >= 0.6 is 11.6 Å². The van der Waals surface area contributed by atoms with E-state index in [1.165, 1.54) is 6.07 Å². The van der Waals surface area contributed by atoms with E-state index in [0.29, 0.717) is 29.8 Å². The van der Waals surface area contributed by atoms with Crippen LogP contribution in [0, 0.1) is 0 Å². The fourth-order valence-electron chi connectivity index (χ4n) is 2.73. The molecule has 2 atom stereocenters. The summed E-state index contributed by atoms with van der Waals surface area (Å²) < 4.78 is 0. The number of phenolic OH excluding ortho intramolecular Hbond substituents is 1. The molecule has 2 aromatic rings. The molecule has 1 amide bonds. The smallest absolute Gasteiger partial charge is 0.237 e. The molecule has 27 heavy (non-hydrogen) atoms. The number of hydrogen-bond donors (Lipinski definition) is 3. The van der Waals surface area contributed by atoms with Crippen LogP contribution < -0.4 is 11.1 Å². The lowest BCUT2D eigenvalue weighted by atomic mass is 10.0. The summed E-state index contributed by atoms with van der Waals surface area (Å²) >= 11 is 5.91. The first-order chi connectivity index (χ1) is 12.9. The largest absolute Gasteiger partial charge is 0.508 e. The monoisotopic (exact) mass is 388 g/mol. The summed E-state index contributed by atoms with van der Waals surface area (Å²) in [5.74, 6) is -0.359. The van der Waals surface area contributed by atoms with Gasteiger partial charge in [-0.15, -0.1) is 0 Å². The molecule has 0 heterocycles. The van der Waals surface area contributed by atoms with Crippen LogP contribution in [0.3, 0.4) is 0 Å². The molecule has 2 aromatic carbocycles. The summed E-state index contributed by atoms with van der Waals surface area (Å²) in [6.45, 7) is 1.64. The molecule has 0 saturated carbocycles. The van der Waals surface area contributed by atoms with E-state index in [2.05, 4.69) is 5.32 Å². The first-order valence-corrected chi connectivity index (χ1v) is 9.34. The molecule has 4 N–H and O–H groups in total. The second kappa shape index (κ2) is 10.1. The Morgan fingerprint density at radius 1 is 1.15 bits per heavy atom. The number of benzene rings is 2. The molecule has 0 spiro atoms. The van der Waals surface area contributed by atoms with E-state index < -0.39 is 12.1 Å². The van der Waals surface area contributed by atoms with Crippen LogP contribution in [0.2, 0.25) is 5.02 Å². The maximum atomic E-state index is 12.3. The second-order valence-electron chi connectivity index (χ2n) is 6.60. The zero-order valence-corrected chi connectivity index (χ0v) is 16.1. The van der Waals surface area contributed by atoms with Gasteiger partial charge in [0.2, 0.25) is 5.91 Å². The molecule has 0 bridgehead atoms. The van der Waals surface area contributed by atoms with Gasteiger partial charge in [-0.25, -0.2) is 0 Å². The summed E-state index contributed by atoms with van der Waals surface area (Å²) in [6.07, 6.45) is 1.75. The predicted molar refractivity (Wildman–Crippen MR) is 107 cm³/mol. The van der Waals surface area contributed by atoms with E-state index in [0.717, 1.165) is 5.56 Å². The third kappa shape index (κ3) is 6.70. The summed E-state index contributed by atoms with van der Waals surface area (Å²) in [7, 11) is 0. The van der Waals surface area contributed by atoms with Crippen LogP contribution in [0.5, 0.6) is 5.75 Å². The Morgan fingerprint density at radius 3 is 2.56 bits per heavy atom. The number of hydrogen-bond acceptors (Lipinski definition) is 4. The van der Waals surface area contributed by atoms with E-state index in [9.17, 15) is 14.7 Å². The van der Waals surface area contributed by atoms with Crippen molar-refractivity contribution in [3.63, 3.8) is 0 Å². The van der Waals surface area contributed by atoms with Crippen molar-refractivity contribution in [2.75, 3.05) is 0 Å². The minimum atomic E-state index is -0.669. The first kappa shape index (κ1) is 20.9. The lowest BCUT2D eigenvalue weighted by Gasteiger charge is -2.17. The van der Waals surface area contributed by atoms with Crippen molar-refractivity contribution in [1.29, 1.82) is 0 Å². The van der Waals surface area contributed by atoms with Crippen molar-refractivity contribution in [2.45, 2.75) is 44.7 Å². The quantitative estimate of drug-likeness (QED) is 0.615. The van der Waals surface area contributed by atoms with Crippen molar-refractivity contribution >= 4 is 23.3 Å². The van der Waals surface area contributed by atoms with Gasteiger partial charge in [0.05, 0.1) is 12.1 Å². The summed E-state index contributed by atoms with van der Waals surface area (Å²) in [6, 6.07) is 13.2. The van der Waals surface area contributed by atoms with Crippen molar-refractivity contribution < 1.29 is 14.7 Å². The zero-order chi connectivity index (χ0) is 19.8. The van der Waals surface area contributed by atoms with Crippen LogP contribution in [0.1, 0.15) is 30.9 Å². The average Bonchev–Trinajstić information content (AvgIpc) is 2.67. The topological polar surface area (TPSA) is 92.4 Å². The van der Waals surface area contributed by atoms with Gasteiger partial charge in [-0.2, -0.15) is 0 Å². The number of halogens is 1. The number of aromatic hydroxyl groups is 1. The molecule has 0 radical (unpaired) electrons. The van der Waals surface area contributed by atoms with E-state index in [-0.39, 0.29) is 23.9 Å². The minimum absolute atomic E-state index is 0.104. The molecule has 0 fully saturated rings. The first-order valence-electron chi connectivity index (χ1n) is 8.97. The maximum absolute atomic E-state index is 12.3. The lowest BCUT2D eigenvalue weighted by molar-refractivity contribution is -0.128. The number of nitrogens with two attached hydrogens (primary N) is 1. The SMILES string of the molecule is C[C@H](NC(=O)[C@H](N)CCc1ccccc1)C(=O)CCc1cc(Cl)ccc1O. The summed E-state index contributed by atoms with van der Waals surface area (Å²) in [5, 5.41) is 13.0. The van der Waals surface area contributed by atoms with Gasteiger partial charge in [-0.3, -0.25) is 9.59 Å². The van der Waals surface area contributed by atoms with Crippen LogP contribution in [-0.4, -0.2) is 28.9 Å². The Balaban J connectivity index is 1.78. The standard InChI is InChI=1S/C21H25ClN2O3/c1-14(19(25)11-8-16-13-17(22)9-12-20(16)26)24-21(27)18(23)10-7-15-5-3-2-4-6-15/h2-6,9,12-14,18,26H,7-8,10-11,23H2,1H3,(H,24,27)/t14-,18+/m0/s1. The fraction of sp³-hybridized carbons (Fsp3) is 0.333. The van der Waals surface area contributed by atoms with Crippen LogP contribution in [-0.2, 0) is 22.4 Å². The Morgan fingerprint density at radius 2 is 1.85 bits per heavy atom. The highest BCUT2D eigenvalue weighted by Crippen LogP contribution is 2.22. The second-order valence-corrected chi connectivity index (χ2v) is 7.04. The van der Waals surface area contributed by atoms with Crippen LogP contribution in [0.25, 0.3) is 0 Å². The van der Waals surface area contributed by atoms with E-state index >= 15 is 0 Å². The fourth-order valence-corrected chi connectivity index (χ4v) is 2.92. The average molecular weight is 389 g/mol. The number of nitrogens with one attached hydrogen (secondary N) is 1. The molecule has 2 rings (SSSR count). The predicted octanol–water partition coefficient (Wildman–Crippen LogP) is 3.01. The van der Waals surface area contributed by atoms with Crippen LogP contribution in [0.4, 0.5) is 0 Å². The number of aryl methyl sites for hydroxylation is 2. The number of rotatable bonds is 9. The van der Waals surface area contributed by atoms with Crippen molar-refractivity contribution in [3.8, 4) is 5.75 Å². The molecule has 6 heteroatoms. The Labute approximate surface area is 164 Å². The molecular formula is C21H25ClN2O3. The Bertz CT molecular complexity index is 780. The number of ketones is 1. The van der Waals surface area contributed by atoms with Crippen molar-refractivity contribution in [3.05, 3.63) is 64.7 Å². The van der Waals surface area contributed by atoms with Gasteiger partial charge in [0.15, 0.2) is 5.78 Å². The van der Waals surface area contributed by atoms with Gasteiger partial charge in [0.25, 0.3) is 0 Å². The number of carbonyl (C=O) groups excluding carboxylic acids is 2. The Hall–Kier alpha value is -2.37. The zero-order valence-electron chi connectivity index (χ0n) is 15.3. The van der Waals surface area contributed by atoms with Gasteiger partial charge < -0.3 is 16.2 Å². The molecule has 0 aliphatic carbocycles. The van der Waals surface area contributed by atoms with E-state index in [1.807, 2.05) is 30.3 Å². The molecule has 144 valence electrons. The van der Waals surface area contributed by atoms with Gasteiger partial charge in [0, 0.05) is 11.4 Å². The Kier molecular flexibility index (Phi) is 7.82. The maximum Gasteiger partial charge on any atom is 0.237 e. The minimum Gasteiger partial charge on any atom is -0.508 e. The number of phenols is 1. The van der Waals surface area contributed by atoms with Crippen LogP contribution in [0.15, 0.2) is 48.5 Å². The summed E-state index contributed by atoms with van der Waals surface area (Å²) in [5.41, 5.74) is 7.67. The van der Waals surface area contributed by atoms with Gasteiger partial charge in [-0.05, 0) is 55.5 Å². The van der Waals surface area contributed by atoms with Crippen molar-refractivity contribution in [2.24, 2.45) is 5.73 Å². The molecule has 0 aliphatic rings. The normalized spacial score (nSPS) is 13.0. The molecule has 0 saturated heterocycles. The van der Waals surface area contributed by atoms with E-state index in [4.69, 9.17) is 17.3 Å². The highest BCUT2D eigenvalue weighted by atomic mass is 35.5. The third-order valence-corrected chi connectivity index (χ3v) is 4.68. The van der Waals surface area contributed by atoms with Crippen molar-refractivity contribution in [1.82, 2.24) is 5.32 Å². The highest BCUT2D eigenvalue weighted by molar-refractivity contribution is 6.30. The number of carbonyl (C=O) groups is 2. The molecule has 0 unspecified atom stereocenters. The summed E-state index contributed by atoms with van der Waals surface area (Å²) in [4.78, 5) is 24.5. The van der Waals surface area contributed by atoms with Gasteiger partial charge in [-0.1, -0.05) is 41.9 Å². The molecule has 0 aromatic heterocycles. The molecule has 0 aliphatic heterocycles. The number of amides is 1. The highest BCUT2D eigenvalue weighted by Gasteiger charge is 2.20. The van der Waals surface area contributed by atoms with Gasteiger partial charge in [0.1, 0.15) is 5.75 Å². The van der Waals surface area contributed by atoms with E-state index in [1.54, 1.807) is 19.1 Å². The number of Topliss-reactive ketones (excluding diaryl/α,β-unsaturated/α-hetero) is 1.